The van der Waals surface area contributed by atoms with Crippen LogP contribution in [-0.2, 0) is 0 Å². The summed E-state index contributed by atoms with van der Waals surface area (Å²) in [6.07, 6.45) is 0. The van der Waals surface area contributed by atoms with E-state index in [-0.39, 0.29) is 18.7 Å². The number of fused-ring (bicyclic) bond motifs is 1. The fraction of sp³-hybridized carbons (Fsp3) is 0.111. The lowest BCUT2D eigenvalue weighted by Gasteiger charge is -2.01. The summed E-state index contributed by atoms with van der Waals surface area (Å²) in [5.74, 6) is 1.24. The van der Waals surface area contributed by atoms with Crippen LogP contribution in [0.4, 0.5) is 5.69 Å². The summed E-state index contributed by atoms with van der Waals surface area (Å²) in [4.78, 5) is 4.04. The van der Waals surface area contributed by atoms with Gasteiger partial charge in [0.2, 0.25) is 18.7 Å². The van der Waals surface area contributed by atoms with Crippen molar-refractivity contribution in [1.29, 1.82) is 0 Å². The van der Waals surface area contributed by atoms with Crippen molar-refractivity contribution >= 4 is 17.6 Å². The zero-order valence-electron chi connectivity index (χ0n) is 8.88. The zero-order valence-corrected chi connectivity index (χ0v) is 8.88. The lowest BCUT2D eigenvalue weighted by atomic mass is 10.3. The van der Waals surface area contributed by atoms with Gasteiger partial charge in [-0.25, -0.2) is 10.4 Å². The molecule has 1 aliphatic rings. The third kappa shape index (κ3) is 2.68. The van der Waals surface area contributed by atoms with Crippen molar-refractivity contribution in [3.63, 3.8) is 0 Å². The Morgan fingerprint density at radius 1 is 1.18 bits per heavy atom. The predicted molar refractivity (Wildman–Crippen MR) is 62.8 cm³/mol. The van der Waals surface area contributed by atoms with Crippen LogP contribution in [0.3, 0.4) is 0 Å². The maximum atomic E-state index is 5.55. The molecule has 1 aromatic carbocycles. The topological polar surface area (TPSA) is 133 Å². The normalized spacial score (nSPS) is 13.3. The third-order valence-electron chi connectivity index (χ3n) is 1.91. The van der Waals surface area contributed by atoms with Crippen molar-refractivity contribution in [2.75, 3.05) is 6.79 Å². The van der Waals surface area contributed by atoms with Gasteiger partial charge in [-0.1, -0.05) is 0 Å². The second kappa shape index (κ2) is 4.47. The van der Waals surface area contributed by atoms with E-state index in [2.05, 4.69) is 15.5 Å². The molecule has 0 saturated heterocycles. The van der Waals surface area contributed by atoms with Crippen LogP contribution in [0.25, 0.3) is 0 Å². The average Bonchev–Trinajstić information content (AvgIpc) is 2.73. The molecule has 0 bridgehead atoms. The molecule has 0 unspecified atom stereocenters. The Morgan fingerprint density at radius 3 is 2.71 bits per heavy atom. The molecule has 0 radical (unpaired) electrons. The summed E-state index contributed by atoms with van der Waals surface area (Å²) >= 11 is 0. The molecule has 0 spiro atoms. The number of nitrogens with one attached hydrogen (secondary N) is 1. The summed E-state index contributed by atoms with van der Waals surface area (Å²) in [6.45, 7) is 0.213. The Balaban J connectivity index is 2.12. The first-order valence-electron chi connectivity index (χ1n) is 4.73. The number of aliphatic imine (C=N–C) groups is 1. The number of nitrogens with zero attached hydrogens (tertiary/aromatic N) is 2. The van der Waals surface area contributed by atoms with E-state index in [9.17, 15) is 0 Å². The molecular formula is C9H12N6O2. The van der Waals surface area contributed by atoms with Crippen LogP contribution in [0.2, 0.25) is 0 Å². The van der Waals surface area contributed by atoms with Gasteiger partial charge >= 0.3 is 0 Å². The maximum absolute atomic E-state index is 5.55. The molecule has 1 aromatic rings. The van der Waals surface area contributed by atoms with Gasteiger partial charge in [0, 0.05) is 6.07 Å². The molecule has 1 heterocycles. The van der Waals surface area contributed by atoms with Gasteiger partial charge in [-0.05, 0) is 12.1 Å². The van der Waals surface area contributed by atoms with Crippen molar-refractivity contribution in [3.05, 3.63) is 18.2 Å². The van der Waals surface area contributed by atoms with Crippen LogP contribution in [0, 0.1) is 0 Å². The Kier molecular flexibility index (Phi) is 2.86. The van der Waals surface area contributed by atoms with Gasteiger partial charge < -0.3 is 26.7 Å². The molecule has 0 aromatic heterocycles. The molecule has 0 fully saturated rings. The molecule has 7 N–H and O–H groups in total. The minimum absolute atomic E-state index is 0.0669. The first kappa shape index (κ1) is 10.9. The fourth-order valence-electron chi connectivity index (χ4n) is 1.24. The van der Waals surface area contributed by atoms with E-state index in [1.807, 2.05) is 0 Å². The zero-order chi connectivity index (χ0) is 12.3. The standard InChI is InChI=1S/C9H12N6O2/c10-8(11)14-15-9(12)13-5-1-2-6-7(3-5)17-4-16-6/h1-3H,4H2,(H4,10,11,14)(H3,12,13,15). The minimum Gasteiger partial charge on any atom is -0.454 e. The predicted octanol–water partition coefficient (Wildman–Crippen LogP) is -0.861. The Bertz CT molecular complexity index is 480. The van der Waals surface area contributed by atoms with Crippen LogP contribution in [0.15, 0.2) is 28.3 Å². The van der Waals surface area contributed by atoms with Crippen molar-refractivity contribution in [2.24, 2.45) is 27.3 Å². The maximum Gasteiger partial charge on any atom is 0.231 e. The van der Waals surface area contributed by atoms with Gasteiger partial charge in [0.1, 0.15) is 0 Å². The lowest BCUT2D eigenvalue weighted by Crippen LogP contribution is -2.32. The first-order valence-corrected chi connectivity index (χ1v) is 4.73. The van der Waals surface area contributed by atoms with E-state index >= 15 is 0 Å². The van der Waals surface area contributed by atoms with E-state index < -0.39 is 0 Å². The fourth-order valence-corrected chi connectivity index (χ4v) is 1.24. The van der Waals surface area contributed by atoms with Crippen LogP contribution < -0.4 is 32.1 Å². The molecule has 1 aliphatic heterocycles. The van der Waals surface area contributed by atoms with Crippen LogP contribution in [0.5, 0.6) is 11.5 Å². The average molecular weight is 236 g/mol. The van der Waals surface area contributed by atoms with E-state index in [0.717, 1.165) is 0 Å². The summed E-state index contributed by atoms with van der Waals surface area (Å²) in [5.41, 5.74) is 18.8. The van der Waals surface area contributed by atoms with Gasteiger partial charge in [0.25, 0.3) is 0 Å². The van der Waals surface area contributed by atoms with Crippen molar-refractivity contribution in [3.8, 4) is 11.5 Å². The summed E-state index contributed by atoms with van der Waals surface area (Å²) in [5, 5.41) is 3.50. The number of nitrogens with two attached hydrogens (primary N) is 3. The SMILES string of the molecule is NC(N)=NNC(N)=Nc1ccc2c(c1)OCO2. The third-order valence-corrected chi connectivity index (χ3v) is 1.91. The van der Waals surface area contributed by atoms with E-state index in [4.69, 9.17) is 26.7 Å². The molecule has 2 rings (SSSR count). The Labute approximate surface area is 97.1 Å². The molecular weight excluding hydrogens is 224 g/mol. The molecule has 17 heavy (non-hydrogen) atoms. The number of rotatable bonds is 2. The van der Waals surface area contributed by atoms with Crippen LogP contribution in [-0.4, -0.2) is 18.7 Å². The van der Waals surface area contributed by atoms with Gasteiger partial charge in [-0.2, -0.15) is 0 Å². The quantitative estimate of drug-likeness (QED) is 0.300. The summed E-state index contributed by atoms with van der Waals surface area (Å²) < 4.78 is 10.4. The number of hydrogen-bond acceptors (Lipinski definition) is 4. The van der Waals surface area contributed by atoms with Gasteiger partial charge in [-0.3, -0.25) is 0 Å². The molecule has 0 aliphatic carbocycles. The lowest BCUT2D eigenvalue weighted by molar-refractivity contribution is 0.174. The van der Waals surface area contributed by atoms with Crippen molar-refractivity contribution in [1.82, 2.24) is 5.43 Å². The number of hydrazone groups is 1. The molecule has 8 nitrogen and oxygen atoms in total. The highest BCUT2D eigenvalue weighted by Crippen LogP contribution is 2.34. The first-order chi connectivity index (χ1) is 8.15. The number of benzene rings is 1. The summed E-state index contributed by atoms with van der Waals surface area (Å²) in [6, 6.07) is 5.18. The highest BCUT2D eigenvalue weighted by atomic mass is 16.7. The number of guanidine groups is 2. The monoisotopic (exact) mass is 236 g/mol. The van der Waals surface area contributed by atoms with E-state index in [1.54, 1.807) is 18.2 Å². The number of ether oxygens (including phenoxy) is 2. The number of hydrogen-bond donors (Lipinski definition) is 4. The van der Waals surface area contributed by atoms with Gasteiger partial charge in [0.15, 0.2) is 11.5 Å². The Morgan fingerprint density at radius 2 is 1.94 bits per heavy atom. The highest BCUT2D eigenvalue weighted by Gasteiger charge is 2.12. The highest BCUT2D eigenvalue weighted by molar-refractivity contribution is 5.83. The van der Waals surface area contributed by atoms with E-state index in [0.29, 0.717) is 17.2 Å². The van der Waals surface area contributed by atoms with Crippen LogP contribution >= 0.6 is 0 Å². The largest absolute Gasteiger partial charge is 0.454 e. The second-order valence-electron chi connectivity index (χ2n) is 3.18. The van der Waals surface area contributed by atoms with Gasteiger partial charge in [0.05, 0.1) is 5.69 Å². The van der Waals surface area contributed by atoms with E-state index in [1.165, 1.54) is 0 Å². The van der Waals surface area contributed by atoms with Crippen molar-refractivity contribution < 1.29 is 9.47 Å². The second-order valence-corrected chi connectivity index (χ2v) is 3.18. The Hall–Kier alpha value is -2.64. The van der Waals surface area contributed by atoms with Crippen molar-refractivity contribution in [2.45, 2.75) is 0 Å². The smallest absolute Gasteiger partial charge is 0.231 e. The molecule has 0 amide bonds. The molecule has 0 saturated carbocycles. The minimum atomic E-state index is -0.131. The van der Waals surface area contributed by atoms with Gasteiger partial charge in [-0.15, -0.1) is 5.10 Å². The molecule has 0 atom stereocenters. The molecule has 8 heteroatoms. The summed E-state index contributed by atoms with van der Waals surface area (Å²) in [7, 11) is 0. The molecule has 90 valence electrons. The van der Waals surface area contributed by atoms with Crippen LogP contribution in [0.1, 0.15) is 0 Å².